The number of aliphatic hydroxyl groups is 1. The molecular formula is C31H32ClN3O5. The van der Waals surface area contributed by atoms with Crippen LogP contribution in [0, 0.1) is 11.8 Å². The summed E-state index contributed by atoms with van der Waals surface area (Å²) in [7, 11) is 0. The van der Waals surface area contributed by atoms with Crippen molar-refractivity contribution in [3.63, 3.8) is 0 Å². The van der Waals surface area contributed by atoms with Crippen molar-refractivity contribution in [2.24, 2.45) is 11.8 Å². The van der Waals surface area contributed by atoms with Crippen molar-refractivity contribution in [3.05, 3.63) is 89.5 Å². The number of fused-ring (bicyclic) bond motifs is 2. The molecule has 2 saturated heterocycles. The number of β-amino-alcohol motifs (C(OH)–C–C–N with tert-alkyl or cyclic N) is 1. The molecule has 0 aliphatic carbocycles. The van der Waals surface area contributed by atoms with Crippen LogP contribution in [0.1, 0.15) is 18.9 Å². The van der Waals surface area contributed by atoms with Gasteiger partial charge in [-0.05, 0) is 36.2 Å². The molecule has 0 saturated carbocycles. The number of amides is 3. The van der Waals surface area contributed by atoms with Gasteiger partial charge in [0.2, 0.25) is 11.8 Å². The van der Waals surface area contributed by atoms with E-state index >= 15 is 0 Å². The van der Waals surface area contributed by atoms with Crippen LogP contribution in [0.25, 0.3) is 0 Å². The van der Waals surface area contributed by atoms with Crippen molar-refractivity contribution in [2.75, 3.05) is 31.1 Å². The van der Waals surface area contributed by atoms with E-state index in [0.29, 0.717) is 30.2 Å². The van der Waals surface area contributed by atoms with E-state index in [0.717, 1.165) is 5.56 Å². The minimum absolute atomic E-state index is 0.0389. The number of rotatable bonds is 6. The van der Waals surface area contributed by atoms with Gasteiger partial charge in [0, 0.05) is 36.9 Å². The zero-order valence-corrected chi connectivity index (χ0v) is 23.0. The van der Waals surface area contributed by atoms with Gasteiger partial charge in [-0.1, -0.05) is 73.2 Å². The Balaban J connectivity index is 1.44. The van der Waals surface area contributed by atoms with Crippen LogP contribution in [0.4, 0.5) is 5.69 Å². The predicted octanol–water partition coefficient (Wildman–Crippen LogP) is 3.19. The summed E-state index contributed by atoms with van der Waals surface area (Å²) < 4.78 is 6.93. The van der Waals surface area contributed by atoms with Gasteiger partial charge in [-0.25, -0.2) is 0 Å². The summed E-state index contributed by atoms with van der Waals surface area (Å²) >= 11 is 6.09. The lowest BCUT2D eigenvalue weighted by molar-refractivity contribution is -0.150. The lowest BCUT2D eigenvalue weighted by atomic mass is 9.73. The van der Waals surface area contributed by atoms with E-state index in [1.807, 2.05) is 61.6 Å². The van der Waals surface area contributed by atoms with E-state index in [2.05, 4.69) is 0 Å². The lowest BCUT2D eigenvalue weighted by Gasteiger charge is -2.38. The second kappa shape index (κ2) is 10.2. The fourth-order valence-electron chi connectivity index (χ4n) is 6.96. The van der Waals surface area contributed by atoms with Gasteiger partial charge in [0.15, 0.2) is 0 Å². The van der Waals surface area contributed by atoms with Gasteiger partial charge < -0.3 is 24.5 Å². The third kappa shape index (κ3) is 4.00. The number of likely N-dealkylation sites (tertiary alicyclic amines) is 1. The zero-order chi connectivity index (χ0) is 28.1. The first kappa shape index (κ1) is 26.7. The molecule has 6 rings (SSSR count). The third-order valence-corrected chi connectivity index (χ3v) is 8.97. The molecule has 1 N–H and O–H groups in total. The Labute approximate surface area is 238 Å². The molecule has 2 aromatic carbocycles. The molecular weight excluding hydrogens is 530 g/mol. The van der Waals surface area contributed by atoms with Gasteiger partial charge in [0.1, 0.15) is 11.6 Å². The molecule has 5 atom stereocenters. The zero-order valence-electron chi connectivity index (χ0n) is 22.3. The van der Waals surface area contributed by atoms with E-state index in [1.54, 1.807) is 34.1 Å². The molecule has 3 amide bonds. The molecule has 0 aromatic heterocycles. The van der Waals surface area contributed by atoms with Gasteiger partial charge in [-0.15, -0.1) is 0 Å². The number of hydrogen-bond acceptors (Lipinski definition) is 5. The van der Waals surface area contributed by atoms with Crippen molar-refractivity contribution in [2.45, 2.75) is 37.1 Å². The molecule has 4 aliphatic heterocycles. The highest BCUT2D eigenvalue weighted by atomic mass is 35.5. The Kier molecular flexibility index (Phi) is 6.81. The van der Waals surface area contributed by atoms with E-state index < -0.39 is 29.1 Å². The highest BCUT2D eigenvalue weighted by molar-refractivity contribution is 6.30. The maximum Gasteiger partial charge on any atom is 0.253 e. The van der Waals surface area contributed by atoms with E-state index in [-0.39, 0.29) is 37.4 Å². The van der Waals surface area contributed by atoms with Crippen LogP contribution in [0.5, 0.6) is 0 Å². The van der Waals surface area contributed by atoms with Crippen molar-refractivity contribution in [1.29, 1.82) is 0 Å². The second-order valence-electron chi connectivity index (χ2n) is 10.8. The second-order valence-corrected chi connectivity index (χ2v) is 11.2. The Morgan fingerprint density at radius 1 is 0.925 bits per heavy atom. The van der Waals surface area contributed by atoms with Crippen LogP contribution < -0.4 is 4.90 Å². The Morgan fingerprint density at radius 3 is 2.35 bits per heavy atom. The van der Waals surface area contributed by atoms with Crippen LogP contribution in [-0.4, -0.2) is 76.1 Å². The molecule has 0 radical (unpaired) electrons. The Hall–Kier alpha value is -3.46. The van der Waals surface area contributed by atoms with Crippen LogP contribution in [0.15, 0.2) is 78.9 Å². The first-order chi connectivity index (χ1) is 19.3. The minimum Gasteiger partial charge on any atom is -0.395 e. The van der Waals surface area contributed by atoms with Crippen LogP contribution in [0.3, 0.4) is 0 Å². The molecule has 9 heteroatoms. The molecule has 2 aromatic rings. The number of aliphatic hydroxyl groups excluding tert-OH is 1. The van der Waals surface area contributed by atoms with Gasteiger partial charge in [-0.3, -0.25) is 14.4 Å². The highest BCUT2D eigenvalue weighted by Crippen LogP contribution is 2.58. The van der Waals surface area contributed by atoms with E-state index in [9.17, 15) is 19.5 Å². The lowest BCUT2D eigenvalue weighted by Crippen LogP contribution is -2.56. The quantitative estimate of drug-likeness (QED) is 0.547. The van der Waals surface area contributed by atoms with Gasteiger partial charge in [0.25, 0.3) is 5.91 Å². The number of ether oxygens (including phenoxy) is 1. The average molecular weight is 562 g/mol. The number of anilines is 1. The third-order valence-electron chi connectivity index (χ3n) is 8.72. The molecule has 4 aliphatic rings. The summed E-state index contributed by atoms with van der Waals surface area (Å²) in [4.78, 5) is 47.7. The minimum atomic E-state index is -1.36. The van der Waals surface area contributed by atoms with Gasteiger partial charge in [0.05, 0.1) is 24.0 Å². The molecule has 0 bridgehead atoms. The van der Waals surface area contributed by atoms with Crippen LogP contribution in [0.2, 0.25) is 5.02 Å². The summed E-state index contributed by atoms with van der Waals surface area (Å²) in [5.41, 5.74) is -0.783. The van der Waals surface area contributed by atoms with Crippen LogP contribution in [-0.2, 0) is 25.7 Å². The summed E-state index contributed by atoms with van der Waals surface area (Å²) in [6.45, 7) is 2.65. The smallest absolute Gasteiger partial charge is 0.253 e. The predicted molar refractivity (Wildman–Crippen MR) is 150 cm³/mol. The number of hydrogen-bond donors (Lipinski definition) is 1. The molecule has 1 unspecified atom stereocenters. The van der Waals surface area contributed by atoms with Crippen LogP contribution >= 0.6 is 11.6 Å². The number of carbonyl (C=O) groups is 3. The first-order valence-corrected chi connectivity index (χ1v) is 14.1. The van der Waals surface area contributed by atoms with Crippen molar-refractivity contribution >= 4 is 35.0 Å². The monoisotopic (exact) mass is 561 g/mol. The van der Waals surface area contributed by atoms with Crippen molar-refractivity contribution in [3.8, 4) is 0 Å². The maximum absolute atomic E-state index is 14.4. The number of halogens is 1. The fraction of sp³-hybridized carbons (Fsp3) is 0.387. The van der Waals surface area contributed by atoms with Gasteiger partial charge >= 0.3 is 0 Å². The number of benzene rings is 2. The van der Waals surface area contributed by atoms with Crippen molar-refractivity contribution in [1.82, 2.24) is 9.80 Å². The molecule has 208 valence electrons. The standard InChI is InChI=1S/C31H32ClN3O5/c1-2-30-14-6-16-33(20-21-8-4-3-5-9-21)27(37)24(30)25-28(38)35(18-19-36)26-29(39)34(17-7-15-31(25,26)40-30)23-12-10-22(32)11-13-23/h3-15,24-26,36H,2,16-20H2,1H3/t24-,25+,26?,30+,31+/m1/s1. The van der Waals surface area contributed by atoms with Crippen molar-refractivity contribution < 1.29 is 24.2 Å². The first-order valence-electron chi connectivity index (χ1n) is 13.7. The highest BCUT2D eigenvalue weighted by Gasteiger charge is 2.75. The summed E-state index contributed by atoms with van der Waals surface area (Å²) in [5.74, 6) is -2.58. The summed E-state index contributed by atoms with van der Waals surface area (Å²) in [6, 6.07) is 15.7. The largest absolute Gasteiger partial charge is 0.395 e. The molecule has 2 fully saturated rings. The SMILES string of the molecule is CC[C@]12C=CCN(Cc3ccccc3)C(=O)[C@H]1[C@H]1C(=O)N(CCO)C3C(=O)N(c4ccc(Cl)cc4)CC=C[C@@]31O2. The number of nitrogens with zero attached hydrogens (tertiary/aromatic N) is 3. The Morgan fingerprint density at radius 2 is 1.65 bits per heavy atom. The number of carbonyl (C=O) groups excluding carboxylic acids is 3. The maximum atomic E-state index is 14.4. The molecule has 8 nitrogen and oxygen atoms in total. The Bertz CT molecular complexity index is 1380. The summed E-state index contributed by atoms with van der Waals surface area (Å²) in [6.07, 6.45) is 7.99. The topological polar surface area (TPSA) is 90.4 Å². The van der Waals surface area contributed by atoms with E-state index in [1.165, 1.54) is 4.90 Å². The molecule has 40 heavy (non-hydrogen) atoms. The normalized spacial score (nSPS) is 31.2. The summed E-state index contributed by atoms with van der Waals surface area (Å²) in [5, 5.41) is 10.5. The molecule has 4 heterocycles. The molecule has 1 spiro atoms. The fourth-order valence-corrected chi connectivity index (χ4v) is 7.08. The van der Waals surface area contributed by atoms with E-state index in [4.69, 9.17) is 16.3 Å². The van der Waals surface area contributed by atoms with Gasteiger partial charge in [-0.2, -0.15) is 0 Å². The average Bonchev–Trinajstić information content (AvgIpc) is 3.24.